The minimum Gasteiger partial charge on any atom is -0.342 e. The smallest absolute Gasteiger partial charge is 0.306 e. The maximum absolute atomic E-state index is 13.3. The fraction of sp³-hybridized carbons (Fsp3) is 0.167. The highest BCUT2D eigenvalue weighted by molar-refractivity contribution is 6.01. The van der Waals surface area contributed by atoms with Gasteiger partial charge in [-0.15, -0.1) is 0 Å². The van der Waals surface area contributed by atoms with Gasteiger partial charge in [0.2, 0.25) is 17.7 Å². The zero-order valence-corrected chi connectivity index (χ0v) is 11.4. The van der Waals surface area contributed by atoms with Crippen LogP contribution in [0.15, 0.2) is 24.5 Å². The van der Waals surface area contributed by atoms with E-state index in [2.05, 4.69) is 20.7 Å². The average Bonchev–Trinajstić information content (AvgIpc) is 2.98. The quantitative estimate of drug-likeness (QED) is 0.631. The van der Waals surface area contributed by atoms with E-state index >= 15 is 0 Å². The first-order valence-electron chi connectivity index (χ1n) is 6.40. The number of fused-ring (bicyclic) bond motifs is 1. The molecule has 2 N–H and O–H groups in total. The van der Waals surface area contributed by atoms with Crippen LogP contribution in [-0.2, 0) is 4.79 Å². The van der Waals surface area contributed by atoms with Crippen LogP contribution in [0.4, 0.5) is 21.7 Å². The first kappa shape index (κ1) is 14.6. The molecule has 0 saturated heterocycles. The van der Waals surface area contributed by atoms with Gasteiger partial charge in [0.15, 0.2) is 0 Å². The molecule has 3 rings (SSSR count). The van der Waals surface area contributed by atoms with E-state index in [4.69, 9.17) is 0 Å². The first-order chi connectivity index (χ1) is 11.0. The molecule has 118 valence electrons. The second-order valence-corrected chi connectivity index (χ2v) is 4.70. The van der Waals surface area contributed by atoms with Crippen molar-refractivity contribution in [1.82, 2.24) is 14.8 Å². The lowest BCUT2D eigenvalue weighted by Gasteiger charge is -2.22. The average molecular weight is 320 g/mol. The van der Waals surface area contributed by atoms with Crippen molar-refractivity contribution in [3.8, 4) is 0 Å². The van der Waals surface area contributed by atoms with Gasteiger partial charge >= 0.3 is 5.69 Å². The van der Waals surface area contributed by atoms with Gasteiger partial charge in [-0.1, -0.05) is 0 Å². The van der Waals surface area contributed by atoms with Gasteiger partial charge in [-0.25, -0.2) is 0 Å². The van der Waals surface area contributed by atoms with Crippen molar-refractivity contribution in [2.24, 2.45) is 0 Å². The number of rotatable bonds is 3. The number of hydrogen-bond donors (Lipinski definition) is 2. The van der Waals surface area contributed by atoms with Crippen LogP contribution in [0.3, 0.4) is 0 Å². The van der Waals surface area contributed by atoms with Crippen molar-refractivity contribution in [2.45, 2.75) is 12.5 Å². The molecule has 1 aromatic carbocycles. The molecule has 2 heterocycles. The third-order valence-corrected chi connectivity index (χ3v) is 3.19. The van der Waals surface area contributed by atoms with E-state index in [1.54, 1.807) is 0 Å². The van der Waals surface area contributed by atoms with E-state index < -0.39 is 34.3 Å². The van der Waals surface area contributed by atoms with Crippen molar-refractivity contribution < 1.29 is 18.9 Å². The van der Waals surface area contributed by atoms with Crippen LogP contribution in [0.5, 0.6) is 0 Å². The van der Waals surface area contributed by atoms with Gasteiger partial charge in [0, 0.05) is 11.8 Å². The molecule has 0 spiro atoms. The third kappa shape index (κ3) is 2.71. The molecule has 0 aliphatic carbocycles. The number of carbonyl (C=O) groups excluding carboxylic acids is 2. The van der Waals surface area contributed by atoms with Crippen LogP contribution in [0.2, 0.25) is 0 Å². The number of anilines is 2. The van der Waals surface area contributed by atoms with Gasteiger partial charge in [0.25, 0.3) is 5.91 Å². The van der Waals surface area contributed by atoms with Crippen molar-refractivity contribution in [3.63, 3.8) is 0 Å². The van der Waals surface area contributed by atoms with Crippen molar-refractivity contribution in [2.75, 3.05) is 10.6 Å². The number of hydrogen-bond acceptors (Lipinski definition) is 7. The Labute approximate surface area is 127 Å². The summed E-state index contributed by atoms with van der Waals surface area (Å²) >= 11 is 0. The number of nitrogens with zero attached hydrogens (tertiary/aromatic N) is 4. The molecule has 0 bridgehead atoms. The summed E-state index contributed by atoms with van der Waals surface area (Å²) < 4.78 is 14.3. The summed E-state index contributed by atoms with van der Waals surface area (Å²) in [7, 11) is 0. The fourth-order valence-corrected chi connectivity index (χ4v) is 2.11. The third-order valence-electron chi connectivity index (χ3n) is 3.19. The number of nitro benzene ring substituents is 1. The monoisotopic (exact) mass is 320 g/mol. The summed E-state index contributed by atoms with van der Waals surface area (Å²) in [6, 6.07) is 2.06. The molecule has 1 amide bonds. The fourth-order valence-electron chi connectivity index (χ4n) is 2.11. The molecular formula is C12H9FN6O4. The normalized spacial score (nSPS) is 16.4. The Balaban J connectivity index is 1.77. The zero-order valence-electron chi connectivity index (χ0n) is 11.4. The number of halogens is 1. The summed E-state index contributed by atoms with van der Waals surface area (Å²) in [4.78, 5) is 37.6. The molecule has 2 aromatic rings. The number of aromatic nitrogens is 3. The Hall–Kier alpha value is -3.37. The Morgan fingerprint density at radius 2 is 2.30 bits per heavy atom. The lowest BCUT2D eigenvalue weighted by molar-refractivity contribution is -0.387. The molecule has 11 heteroatoms. The Morgan fingerprint density at radius 1 is 1.52 bits per heavy atom. The molecule has 1 unspecified atom stereocenters. The Morgan fingerprint density at radius 3 is 3.04 bits per heavy atom. The molecule has 1 aliphatic heterocycles. The minimum absolute atomic E-state index is 0.0457. The van der Waals surface area contributed by atoms with Crippen LogP contribution in [0.25, 0.3) is 0 Å². The second-order valence-electron chi connectivity index (χ2n) is 4.70. The molecular weight excluding hydrogens is 311 g/mol. The highest BCUT2D eigenvalue weighted by Crippen LogP contribution is 2.22. The minimum atomic E-state index is -1.01. The van der Waals surface area contributed by atoms with E-state index in [9.17, 15) is 24.1 Å². The maximum atomic E-state index is 13.3. The molecule has 23 heavy (non-hydrogen) atoms. The van der Waals surface area contributed by atoms with Gasteiger partial charge in [-0.2, -0.15) is 19.2 Å². The second kappa shape index (κ2) is 5.44. The molecule has 0 saturated carbocycles. The summed E-state index contributed by atoms with van der Waals surface area (Å²) in [5.74, 6) is -1.89. The summed E-state index contributed by atoms with van der Waals surface area (Å²) in [6.07, 6.45) is 1.01. The van der Waals surface area contributed by atoms with Gasteiger partial charge in [0.05, 0.1) is 11.3 Å². The highest BCUT2D eigenvalue weighted by Gasteiger charge is 2.31. The predicted octanol–water partition coefficient (Wildman–Crippen LogP) is 0.788. The summed E-state index contributed by atoms with van der Waals surface area (Å²) in [6.45, 7) is 0. The van der Waals surface area contributed by atoms with Gasteiger partial charge in [0.1, 0.15) is 12.4 Å². The molecule has 1 aromatic heterocycles. The van der Waals surface area contributed by atoms with Crippen molar-refractivity contribution in [1.29, 1.82) is 0 Å². The van der Waals surface area contributed by atoms with E-state index in [1.165, 1.54) is 12.4 Å². The van der Waals surface area contributed by atoms with Crippen LogP contribution >= 0.6 is 0 Å². The number of amides is 1. The van der Waals surface area contributed by atoms with E-state index in [1.807, 2.05) is 0 Å². The number of carbonyl (C=O) groups is 2. The van der Waals surface area contributed by atoms with Gasteiger partial charge in [-0.3, -0.25) is 19.7 Å². The van der Waals surface area contributed by atoms with Crippen LogP contribution in [0, 0.1) is 15.9 Å². The Bertz CT molecular complexity index is 820. The standard InChI is InChI=1S/C12H9FN6O4/c13-7-2-1-6(3-9(7)19(22)23)16-11(21)8-4-10(20)18-12(17-8)14-5-15-18/h1-3,5,8H,4H2,(H,16,21)(H,14,15,17). The summed E-state index contributed by atoms with van der Waals surface area (Å²) in [5, 5.41) is 19.5. The molecule has 10 nitrogen and oxygen atoms in total. The summed E-state index contributed by atoms with van der Waals surface area (Å²) in [5.41, 5.74) is -0.709. The number of nitrogens with one attached hydrogen (secondary N) is 2. The van der Waals surface area contributed by atoms with Crippen molar-refractivity contribution in [3.05, 3.63) is 40.5 Å². The van der Waals surface area contributed by atoms with Crippen LogP contribution in [0.1, 0.15) is 11.2 Å². The molecule has 1 aliphatic rings. The number of nitro groups is 1. The lowest BCUT2D eigenvalue weighted by atomic mass is 10.1. The highest BCUT2D eigenvalue weighted by atomic mass is 19.1. The van der Waals surface area contributed by atoms with Crippen molar-refractivity contribution >= 4 is 29.1 Å². The van der Waals surface area contributed by atoms with Crippen LogP contribution < -0.4 is 10.6 Å². The lowest BCUT2D eigenvalue weighted by Crippen LogP contribution is -2.42. The SMILES string of the molecule is O=C(Nc1ccc(F)c([N+](=O)[O-])c1)C1CC(=O)n2ncnc2N1. The zero-order chi connectivity index (χ0) is 16.6. The van der Waals surface area contributed by atoms with Gasteiger partial charge in [-0.05, 0) is 12.1 Å². The number of benzene rings is 1. The predicted molar refractivity (Wildman–Crippen MR) is 74.4 cm³/mol. The van der Waals surface area contributed by atoms with E-state index in [0.717, 1.165) is 16.8 Å². The van der Waals surface area contributed by atoms with E-state index in [-0.39, 0.29) is 18.1 Å². The van der Waals surface area contributed by atoms with Gasteiger partial charge < -0.3 is 10.6 Å². The van der Waals surface area contributed by atoms with Crippen LogP contribution in [-0.4, -0.2) is 37.5 Å². The molecule has 0 radical (unpaired) electrons. The topological polar surface area (TPSA) is 132 Å². The maximum Gasteiger partial charge on any atom is 0.306 e. The van der Waals surface area contributed by atoms with E-state index in [0.29, 0.717) is 0 Å². The molecule has 1 atom stereocenters. The first-order valence-corrected chi connectivity index (χ1v) is 6.40. The Kier molecular flexibility index (Phi) is 3.44. The molecule has 0 fully saturated rings. The largest absolute Gasteiger partial charge is 0.342 e.